The van der Waals surface area contributed by atoms with E-state index in [2.05, 4.69) is 0 Å². The molecule has 74 valence electrons. The first-order valence-corrected chi connectivity index (χ1v) is 6.11. The summed E-state index contributed by atoms with van der Waals surface area (Å²) in [4.78, 5) is 0. The topological polar surface area (TPSA) is 9.23 Å². The molecule has 2 aromatic rings. The lowest BCUT2D eigenvalue weighted by Crippen LogP contribution is -1.81. The number of fused-ring (bicyclic) bond motifs is 1. The minimum Gasteiger partial charge on any atom is -0.495 e. The number of hydrogen-bond donors (Lipinski definition) is 0. The van der Waals surface area contributed by atoms with Crippen molar-refractivity contribution in [1.82, 2.24) is 0 Å². The Morgan fingerprint density at radius 1 is 1.43 bits per heavy atom. The molecule has 0 N–H and O–H groups in total. The minimum atomic E-state index is -0.128. The van der Waals surface area contributed by atoms with Crippen LogP contribution < -0.4 is 4.74 Å². The van der Waals surface area contributed by atoms with Crippen LogP contribution >= 0.6 is 23.1 Å². The first kappa shape index (κ1) is 9.80. The van der Waals surface area contributed by atoms with Crippen molar-refractivity contribution < 1.29 is 9.13 Å². The first-order valence-electron chi connectivity index (χ1n) is 4.07. The Hall–Kier alpha value is -0.740. The molecule has 0 amide bonds. The van der Waals surface area contributed by atoms with Crippen LogP contribution in [-0.4, -0.2) is 13.4 Å². The largest absolute Gasteiger partial charge is 0.495 e. The highest BCUT2D eigenvalue weighted by Crippen LogP contribution is 2.40. The standard InChI is InChI=1S/C10H9FOS2/c1-12-7-5-3-4-6-8(11)10(13-2)14-9(6)7/h3-5H,1-2H3. The van der Waals surface area contributed by atoms with E-state index in [1.54, 1.807) is 19.2 Å². The van der Waals surface area contributed by atoms with Gasteiger partial charge in [-0.05, 0) is 12.3 Å². The van der Waals surface area contributed by atoms with Crippen LogP contribution in [0.5, 0.6) is 5.75 Å². The molecule has 2 rings (SSSR count). The molecule has 0 saturated carbocycles. The Balaban J connectivity index is 2.77. The van der Waals surface area contributed by atoms with E-state index < -0.39 is 0 Å². The summed E-state index contributed by atoms with van der Waals surface area (Å²) >= 11 is 2.87. The number of ether oxygens (including phenoxy) is 1. The lowest BCUT2D eigenvalue weighted by Gasteiger charge is -1.98. The Labute approximate surface area is 89.9 Å². The van der Waals surface area contributed by atoms with E-state index in [1.165, 1.54) is 23.1 Å². The van der Waals surface area contributed by atoms with Gasteiger partial charge in [0.2, 0.25) is 0 Å². The number of methoxy groups -OCH3 is 1. The zero-order valence-electron chi connectivity index (χ0n) is 7.83. The second-order valence-corrected chi connectivity index (χ2v) is 4.84. The van der Waals surface area contributed by atoms with Gasteiger partial charge in [-0.1, -0.05) is 12.1 Å². The van der Waals surface area contributed by atoms with E-state index >= 15 is 0 Å². The molecule has 0 atom stereocenters. The van der Waals surface area contributed by atoms with Gasteiger partial charge in [-0.15, -0.1) is 23.1 Å². The summed E-state index contributed by atoms with van der Waals surface area (Å²) in [5.74, 6) is 0.614. The van der Waals surface area contributed by atoms with E-state index in [1.807, 2.05) is 12.3 Å². The molecule has 4 heteroatoms. The van der Waals surface area contributed by atoms with Gasteiger partial charge in [0.25, 0.3) is 0 Å². The Morgan fingerprint density at radius 3 is 2.86 bits per heavy atom. The number of thioether (sulfide) groups is 1. The molecule has 0 fully saturated rings. The highest BCUT2D eigenvalue weighted by Gasteiger charge is 2.13. The van der Waals surface area contributed by atoms with Crippen molar-refractivity contribution in [1.29, 1.82) is 0 Å². The number of halogens is 1. The van der Waals surface area contributed by atoms with Crippen LogP contribution in [0.3, 0.4) is 0 Å². The highest BCUT2D eigenvalue weighted by molar-refractivity contribution is 8.00. The van der Waals surface area contributed by atoms with Gasteiger partial charge in [0, 0.05) is 5.39 Å². The molecule has 1 nitrogen and oxygen atoms in total. The van der Waals surface area contributed by atoms with Crippen molar-refractivity contribution in [3.8, 4) is 5.75 Å². The first-order chi connectivity index (χ1) is 6.77. The number of rotatable bonds is 2. The highest BCUT2D eigenvalue weighted by atomic mass is 32.2. The van der Waals surface area contributed by atoms with Crippen LogP contribution in [0.15, 0.2) is 22.4 Å². The van der Waals surface area contributed by atoms with E-state index in [0.29, 0.717) is 9.60 Å². The number of thiophene rings is 1. The van der Waals surface area contributed by atoms with E-state index in [4.69, 9.17) is 4.74 Å². The Bertz CT molecular complexity index is 464. The summed E-state index contributed by atoms with van der Waals surface area (Å²) < 4.78 is 20.5. The van der Waals surface area contributed by atoms with Crippen molar-refractivity contribution >= 4 is 33.2 Å². The van der Waals surface area contributed by atoms with Crippen LogP contribution in [0.25, 0.3) is 10.1 Å². The normalized spacial score (nSPS) is 10.8. The third kappa shape index (κ3) is 1.38. The second kappa shape index (κ2) is 3.79. The van der Waals surface area contributed by atoms with Crippen molar-refractivity contribution in [3.63, 3.8) is 0 Å². The predicted octanol–water partition coefficient (Wildman–Crippen LogP) is 3.77. The van der Waals surface area contributed by atoms with Gasteiger partial charge in [0.05, 0.1) is 16.0 Å². The van der Waals surface area contributed by atoms with Gasteiger partial charge in [0.15, 0.2) is 5.82 Å². The molecule has 1 aromatic carbocycles. The predicted molar refractivity (Wildman–Crippen MR) is 60.1 cm³/mol. The SMILES string of the molecule is COc1cccc2c(F)c(SC)sc12. The fraction of sp³-hybridized carbons (Fsp3) is 0.200. The Kier molecular flexibility index (Phi) is 2.65. The van der Waals surface area contributed by atoms with Gasteiger partial charge < -0.3 is 4.74 Å². The molecule has 0 bridgehead atoms. The van der Waals surface area contributed by atoms with Crippen LogP contribution in [0, 0.1) is 5.82 Å². The lowest BCUT2D eigenvalue weighted by atomic mass is 10.2. The summed E-state index contributed by atoms with van der Waals surface area (Å²) in [6, 6.07) is 5.44. The quantitative estimate of drug-likeness (QED) is 0.724. The van der Waals surface area contributed by atoms with Crippen LogP contribution in [0.2, 0.25) is 0 Å². The number of benzene rings is 1. The van der Waals surface area contributed by atoms with Crippen LogP contribution in [-0.2, 0) is 0 Å². The van der Waals surface area contributed by atoms with Gasteiger partial charge >= 0.3 is 0 Å². The summed E-state index contributed by atoms with van der Waals surface area (Å²) in [7, 11) is 1.60. The maximum absolute atomic E-state index is 13.7. The van der Waals surface area contributed by atoms with Crippen molar-refractivity contribution in [2.24, 2.45) is 0 Å². The van der Waals surface area contributed by atoms with Crippen LogP contribution in [0.4, 0.5) is 4.39 Å². The monoisotopic (exact) mass is 228 g/mol. The number of hydrogen-bond acceptors (Lipinski definition) is 3. The zero-order valence-corrected chi connectivity index (χ0v) is 9.47. The smallest absolute Gasteiger partial charge is 0.155 e. The molecule has 0 unspecified atom stereocenters. The maximum atomic E-state index is 13.7. The summed E-state index contributed by atoms with van der Waals surface area (Å²) in [5, 5.41) is 0.652. The third-order valence-electron chi connectivity index (χ3n) is 1.99. The molecule has 0 spiro atoms. The van der Waals surface area contributed by atoms with Crippen molar-refractivity contribution in [3.05, 3.63) is 24.0 Å². The molecule has 0 aliphatic rings. The van der Waals surface area contributed by atoms with Crippen molar-refractivity contribution in [2.45, 2.75) is 4.21 Å². The molecular weight excluding hydrogens is 219 g/mol. The molecule has 14 heavy (non-hydrogen) atoms. The molecule has 1 heterocycles. The zero-order chi connectivity index (χ0) is 10.1. The minimum absolute atomic E-state index is 0.128. The Morgan fingerprint density at radius 2 is 2.21 bits per heavy atom. The summed E-state index contributed by atoms with van der Waals surface area (Å²) in [6.07, 6.45) is 1.88. The maximum Gasteiger partial charge on any atom is 0.155 e. The summed E-state index contributed by atoms with van der Waals surface area (Å²) in [5.41, 5.74) is 0. The average molecular weight is 228 g/mol. The van der Waals surface area contributed by atoms with Gasteiger partial charge in [-0.2, -0.15) is 0 Å². The molecule has 0 aliphatic carbocycles. The molecular formula is C10H9FOS2. The fourth-order valence-electron chi connectivity index (χ4n) is 1.33. The second-order valence-electron chi connectivity index (χ2n) is 2.74. The lowest BCUT2D eigenvalue weighted by molar-refractivity contribution is 0.420. The van der Waals surface area contributed by atoms with Crippen LogP contribution in [0.1, 0.15) is 0 Å². The molecule has 1 aromatic heterocycles. The average Bonchev–Trinajstić information content (AvgIpc) is 2.55. The van der Waals surface area contributed by atoms with E-state index in [0.717, 1.165) is 10.4 Å². The summed E-state index contributed by atoms with van der Waals surface area (Å²) in [6.45, 7) is 0. The third-order valence-corrected chi connectivity index (χ3v) is 4.28. The van der Waals surface area contributed by atoms with E-state index in [9.17, 15) is 4.39 Å². The van der Waals surface area contributed by atoms with Crippen molar-refractivity contribution in [2.75, 3.05) is 13.4 Å². The fourth-order valence-corrected chi connectivity index (χ4v) is 3.11. The molecule has 0 aliphatic heterocycles. The van der Waals surface area contributed by atoms with E-state index in [-0.39, 0.29) is 5.82 Å². The molecule has 0 radical (unpaired) electrons. The molecule has 0 saturated heterocycles. The van der Waals surface area contributed by atoms with Gasteiger partial charge in [-0.3, -0.25) is 0 Å². The van der Waals surface area contributed by atoms with Gasteiger partial charge in [0.1, 0.15) is 5.75 Å². The van der Waals surface area contributed by atoms with Gasteiger partial charge in [-0.25, -0.2) is 4.39 Å².